The normalized spacial score (nSPS) is 17.1. The van der Waals surface area contributed by atoms with Crippen molar-refractivity contribution >= 4 is 47.4 Å². The van der Waals surface area contributed by atoms with Gasteiger partial charge in [-0.2, -0.15) is 0 Å². The number of aliphatic hydroxyl groups is 1. The van der Waals surface area contributed by atoms with Crippen LogP contribution in [0.4, 0.5) is 0 Å². The van der Waals surface area contributed by atoms with Crippen molar-refractivity contribution in [3.05, 3.63) is 70.7 Å². The summed E-state index contributed by atoms with van der Waals surface area (Å²) in [4.78, 5) is 18.8. The summed E-state index contributed by atoms with van der Waals surface area (Å²) in [7, 11) is 0. The molecule has 2 atom stereocenters. The number of amides is 1. The number of benzene rings is 2. The molecule has 2 aromatic carbocycles. The molecule has 6 nitrogen and oxygen atoms in total. The first-order valence-corrected chi connectivity index (χ1v) is 11.2. The standard InChI is InChI=1S/C24H31ClN4O2.HI/c1-2-26-24(28-16-22(30)20-10-6-7-11-21(20)25)27-15-19-14-23(31)29(17-19)13-12-18-8-4-3-5-9-18;/h3-11,19,22,30H,2,12-17H2,1H3,(H2,26,27,28);1H. The summed E-state index contributed by atoms with van der Waals surface area (Å²) in [5.41, 5.74) is 1.91. The van der Waals surface area contributed by atoms with Crippen molar-refractivity contribution in [2.45, 2.75) is 25.9 Å². The van der Waals surface area contributed by atoms with E-state index in [1.165, 1.54) is 5.56 Å². The molecule has 1 heterocycles. The van der Waals surface area contributed by atoms with Gasteiger partial charge in [0, 0.05) is 49.1 Å². The van der Waals surface area contributed by atoms with E-state index in [1.807, 2.05) is 42.2 Å². The lowest BCUT2D eigenvalue weighted by atomic mass is 10.1. The van der Waals surface area contributed by atoms with Crippen LogP contribution in [0, 0.1) is 5.92 Å². The van der Waals surface area contributed by atoms with Crippen molar-refractivity contribution in [2.75, 3.05) is 32.7 Å². The highest BCUT2D eigenvalue weighted by Gasteiger charge is 2.29. The molecule has 0 spiro atoms. The molecule has 32 heavy (non-hydrogen) atoms. The van der Waals surface area contributed by atoms with Crippen molar-refractivity contribution < 1.29 is 9.90 Å². The second-order valence-electron chi connectivity index (χ2n) is 7.78. The average Bonchev–Trinajstić information content (AvgIpc) is 3.14. The van der Waals surface area contributed by atoms with Gasteiger partial charge >= 0.3 is 0 Å². The van der Waals surface area contributed by atoms with E-state index in [1.54, 1.807) is 12.1 Å². The fourth-order valence-corrected chi connectivity index (χ4v) is 3.98. The third-order valence-electron chi connectivity index (χ3n) is 5.40. The minimum atomic E-state index is -0.773. The number of carbonyl (C=O) groups is 1. The minimum Gasteiger partial charge on any atom is -0.386 e. The number of likely N-dealkylation sites (tertiary alicyclic amines) is 1. The van der Waals surface area contributed by atoms with Crippen LogP contribution in [0.2, 0.25) is 5.02 Å². The minimum absolute atomic E-state index is 0. The van der Waals surface area contributed by atoms with Crippen LogP contribution >= 0.6 is 35.6 Å². The van der Waals surface area contributed by atoms with Crippen LogP contribution in [0.5, 0.6) is 0 Å². The molecule has 1 amide bonds. The number of aliphatic hydroxyl groups excluding tert-OH is 1. The van der Waals surface area contributed by atoms with Gasteiger partial charge in [-0.3, -0.25) is 9.79 Å². The maximum Gasteiger partial charge on any atom is 0.223 e. The summed E-state index contributed by atoms with van der Waals surface area (Å²) in [5.74, 6) is 1.07. The van der Waals surface area contributed by atoms with Crippen LogP contribution in [0.15, 0.2) is 59.6 Å². The van der Waals surface area contributed by atoms with Gasteiger partial charge in [0.2, 0.25) is 5.91 Å². The van der Waals surface area contributed by atoms with Gasteiger partial charge in [0.1, 0.15) is 6.10 Å². The Morgan fingerprint density at radius 2 is 1.91 bits per heavy atom. The molecule has 0 radical (unpaired) electrons. The van der Waals surface area contributed by atoms with Gasteiger partial charge < -0.3 is 20.6 Å². The molecule has 0 bridgehead atoms. The first-order chi connectivity index (χ1) is 15.1. The maximum absolute atomic E-state index is 12.4. The Morgan fingerprint density at radius 1 is 1.19 bits per heavy atom. The molecule has 1 aliphatic rings. The number of halogens is 2. The molecule has 0 aliphatic carbocycles. The summed E-state index contributed by atoms with van der Waals surface area (Å²) < 4.78 is 0. The van der Waals surface area contributed by atoms with Gasteiger partial charge in [0.15, 0.2) is 5.96 Å². The molecular formula is C24H32ClIN4O2. The molecule has 0 saturated carbocycles. The predicted octanol–water partition coefficient (Wildman–Crippen LogP) is 3.64. The molecule has 3 rings (SSSR count). The summed E-state index contributed by atoms with van der Waals surface area (Å²) in [5, 5.41) is 17.5. The molecule has 1 aliphatic heterocycles. The van der Waals surface area contributed by atoms with E-state index in [0.717, 1.165) is 19.5 Å². The quantitative estimate of drug-likeness (QED) is 0.245. The Labute approximate surface area is 212 Å². The SMILES string of the molecule is CCNC(=NCC(O)c1ccccc1Cl)NCC1CC(=O)N(CCc2ccccc2)C1.I. The number of rotatable bonds is 9. The molecule has 1 fully saturated rings. The predicted molar refractivity (Wildman–Crippen MR) is 141 cm³/mol. The fourth-order valence-electron chi connectivity index (χ4n) is 3.72. The Kier molecular flexibility index (Phi) is 11.3. The number of guanidine groups is 1. The fraction of sp³-hybridized carbons (Fsp3) is 0.417. The Morgan fingerprint density at radius 3 is 2.62 bits per heavy atom. The van der Waals surface area contributed by atoms with Crippen molar-refractivity contribution in [1.29, 1.82) is 0 Å². The first kappa shape index (κ1) is 26.4. The van der Waals surface area contributed by atoms with Crippen molar-refractivity contribution in [3.63, 3.8) is 0 Å². The number of aliphatic imine (C=N–C) groups is 1. The van der Waals surface area contributed by atoms with E-state index >= 15 is 0 Å². The topological polar surface area (TPSA) is 77.0 Å². The summed E-state index contributed by atoms with van der Waals surface area (Å²) in [6.45, 7) is 5.05. The number of nitrogens with zero attached hydrogens (tertiary/aromatic N) is 2. The van der Waals surface area contributed by atoms with Gasteiger partial charge in [-0.15, -0.1) is 24.0 Å². The molecule has 2 unspecified atom stereocenters. The molecular weight excluding hydrogens is 539 g/mol. The Balaban J connectivity index is 0.00000363. The molecule has 8 heteroatoms. The lowest BCUT2D eigenvalue weighted by Crippen LogP contribution is -2.40. The third-order valence-corrected chi connectivity index (χ3v) is 5.74. The number of hydrogen-bond donors (Lipinski definition) is 3. The number of hydrogen-bond acceptors (Lipinski definition) is 3. The van der Waals surface area contributed by atoms with Crippen LogP contribution in [-0.2, 0) is 11.2 Å². The van der Waals surface area contributed by atoms with E-state index in [0.29, 0.717) is 36.1 Å². The zero-order valence-corrected chi connectivity index (χ0v) is 21.4. The maximum atomic E-state index is 12.4. The van der Waals surface area contributed by atoms with Crippen LogP contribution in [0.25, 0.3) is 0 Å². The highest BCUT2D eigenvalue weighted by Crippen LogP contribution is 2.22. The van der Waals surface area contributed by atoms with Crippen LogP contribution in [0.3, 0.4) is 0 Å². The van der Waals surface area contributed by atoms with E-state index in [4.69, 9.17) is 11.6 Å². The van der Waals surface area contributed by atoms with Crippen LogP contribution < -0.4 is 10.6 Å². The largest absolute Gasteiger partial charge is 0.386 e. The highest BCUT2D eigenvalue weighted by atomic mass is 127. The molecule has 0 aromatic heterocycles. The summed E-state index contributed by atoms with van der Waals surface area (Å²) in [6, 6.07) is 17.5. The van der Waals surface area contributed by atoms with E-state index in [2.05, 4.69) is 27.8 Å². The van der Waals surface area contributed by atoms with Gasteiger partial charge in [0.25, 0.3) is 0 Å². The lowest BCUT2D eigenvalue weighted by Gasteiger charge is -2.18. The number of nitrogens with one attached hydrogen (secondary N) is 2. The van der Waals surface area contributed by atoms with Crippen molar-refractivity contribution in [3.8, 4) is 0 Å². The monoisotopic (exact) mass is 570 g/mol. The number of carbonyl (C=O) groups excluding carboxylic acids is 1. The first-order valence-electron chi connectivity index (χ1n) is 10.8. The average molecular weight is 571 g/mol. The van der Waals surface area contributed by atoms with Gasteiger partial charge in [0.05, 0.1) is 6.54 Å². The van der Waals surface area contributed by atoms with Gasteiger partial charge in [-0.25, -0.2) is 0 Å². The van der Waals surface area contributed by atoms with Crippen molar-refractivity contribution in [1.82, 2.24) is 15.5 Å². The molecule has 1 saturated heterocycles. The Hall–Kier alpha value is -1.84. The zero-order valence-electron chi connectivity index (χ0n) is 18.3. The molecule has 2 aromatic rings. The second-order valence-corrected chi connectivity index (χ2v) is 8.19. The van der Waals surface area contributed by atoms with E-state index in [9.17, 15) is 9.90 Å². The highest BCUT2D eigenvalue weighted by molar-refractivity contribution is 14.0. The third kappa shape index (κ3) is 7.94. The van der Waals surface area contributed by atoms with E-state index in [-0.39, 0.29) is 42.3 Å². The van der Waals surface area contributed by atoms with Crippen molar-refractivity contribution in [2.24, 2.45) is 10.9 Å². The second kappa shape index (κ2) is 13.6. The summed E-state index contributed by atoms with van der Waals surface area (Å²) >= 11 is 6.16. The van der Waals surface area contributed by atoms with Gasteiger partial charge in [-0.05, 0) is 25.0 Å². The summed E-state index contributed by atoms with van der Waals surface area (Å²) in [6.07, 6.45) is 0.644. The lowest BCUT2D eigenvalue weighted by molar-refractivity contribution is -0.127. The zero-order chi connectivity index (χ0) is 22.1. The molecule has 174 valence electrons. The van der Waals surface area contributed by atoms with Gasteiger partial charge in [-0.1, -0.05) is 60.1 Å². The van der Waals surface area contributed by atoms with Crippen LogP contribution in [-0.4, -0.2) is 54.6 Å². The van der Waals surface area contributed by atoms with Crippen LogP contribution in [0.1, 0.15) is 30.6 Å². The molecule has 3 N–H and O–H groups in total. The Bertz CT molecular complexity index is 881. The van der Waals surface area contributed by atoms with E-state index < -0.39 is 6.10 Å². The smallest absolute Gasteiger partial charge is 0.223 e.